The molecule has 28 heavy (non-hydrogen) atoms. The molecule has 0 aliphatic carbocycles. The number of nitrogens with zero attached hydrogens (tertiary/aromatic N) is 1. The maximum atomic E-state index is 12.6. The van der Waals surface area contributed by atoms with E-state index in [2.05, 4.69) is 17.2 Å². The number of thiazole rings is 1. The van der Waals surface area contributed by atoms with E-state index in [9.17, 15) is 9.59 Å². The molecule has 0 aliphatic heterocycles. The minimum absolute atomic E-state index is 0.0541. The Labute approximate surface area is 164 Å². The molecule has 0 fully saturated rings. The van der Waals surface area contributed by atoms with Crippen LogP contribution in [0, 0.1) is 0 Å². The van der Waals surface area contributed by atoms with Crippen LogP contribution in [0.3, 0.4) is 0 Å². The fourth-order valence-electron chi connectivity index (χ4n) is 2.77. The summed E-state index contributed by atoms with van der Waals surface area (Å²) in [6.45, 7) is 2.78. The third kappa shape index (κ3) is 3.75. The lowest BCUT2D eigenvalue weighted by Gasteiger charge is -2.04. The molecule has 0 aliphatic rings. The Morgan fingerprint density at radius 3 is 2.93 bits per heavy atom. The van der Waals surface area contributed by atoms with Crippen molar-refractivity contribution < 1.29 is 13.9 Å². The number of ether oxygens (including phenoxy) is 1. The summed E-state index contributed by atoms with van der Waals surface area (Å²) >= 11 is 1.33. The van der Waals surface area contributed by atoms with E-state index in [1.54, 1.807) is 18.2 Å². The van der Waals surface area contributed by atoms with E-state index >= 15 is 0 Å². The van der Waals surface area contributed by atoms with Crippen LogP contribution in [0.1, 0.15) is 30.1 Å². The van der Waals surface area contributed by atoms with Crippen LogP contribution in [0.5, 0.6) is 5.75 Å². The van der Waals surface area contributed by atoms with Crippen LogP contribution in [0.15, 0.2) is 57.7 Å². The Kier molecular flexibility index (Phi) is 5.08. The second-order valence-corrected chi connectivity index (χ2v) is 7.32. The van der Waals surface area contributed by atoms with Gasteiger partial charge in [0.2, 0.25) is 0 Å². The van der Waals surface area contributed by atoms with Gasteiger partial charge in [-0.25, -0.2) is 9.78 Å². The Balaban J connectivity index is 1.56. The van der Waals surface area contributed by atoms with E-state index in [0.717, 1.165) is 28.8 Å². The van der Waals surface area contributed by atoms with Gasteiger partial charge in [0.1, 0.15) is 16.9 Å². The molecule has 142 valence electrons. The zero-order valence-electron chi connectivity index (χ0n) is 15.2. The molecule has 1 N–H and O–H groups in total. The minimum Gasteiger partial charge on any atom is -0.494 e. The molecule has 7 heteroatoms. The summed E-state index contributed by atoms with van der Waals surface area (Å²) in [5.74, 6) is 0.232. The molecule has 6 nitrogen and oxygen atoms in total. The minimum atomic E-state index is -0.677. The van der Waals surface area contributed by atoms with Gasteiger partial charge < -0.3 is 9.15 Å². The SMILES string of the molecule is CCCCOc1ccc2nc(NC(=O)c3cc4ccccc4oc3=O)sc2c1. The molecule has 4 aromatic rings. The average molecular weight is 394 g/mol. The zero-order chi connectivity index (χ0) is 19.5. The molecule has 0 radical (unpaired) electrons. The predicted molar refractivity (Wildman–Crippen MR) is 110 cm³/mol. The molecule has 0 saturated heterocycles. The molecule has 2 heterocycles. The summed E-state index contributed by atoms with van der Waals surface area (Å²) in [6.07, 6.45) is 2.07. The maximum Gasteiger partial charge on any atom is 0.349 e. The summed E-state index contributed by atoms with van der Waals surface area (Å²) in [4.78, 5) is 29.1. The Bertz CT molecular complexity index is 1210. The second kappa shape index (κ2) is 7.82. The summed E-state index contributed by atoms with van der Waals surface area (Å²) in [5, 5.41) is 3.79. The summed E-state index contributed by atoms with van der Waals surface area (Å²) in [5.41, 5.74) is 0.471. The third-order valence-electron chi connectivity index (χ3n) is 4.23. The fraction of sp³-hybridized carbons (Fsp3) is 0.190. The van der Waals surface area contributed by atoms with E-state index in [4.69, 9.17) is 9.15 Å². The van der Waals surface area contributed by atoms with Gasteiger partial charge in [-0.1, -0.05) is 42.9 Å². The van der Waals surface area contributed by atoms with Gasteiger partial charge in [-0.2, -0.15) is 0 Å². The van der Waals surface area contributed by atoms with E-state index in [0.29, 0.717) is 22.7 Å². The highest BCUT2D eigenvalue weighted by Crippen LogP contribution is 2.29. The maximum absolute atomic E-state index is 12.6. The van der Waals surface area contributed by atoms with Crippen molar-refractivity contribution >= 4 is 43.6 Å². The van der Waals surface area contributed by atoms with E-state index in [1.807, 2.05) is 24.3 Å². The predicted octanol–water partition coefficient (Wildman–Crippen LogP) is 4.83. The lowest BCUT2D eigenvalue weighted by molar-refractivity contribution is 0.102. The number of aromatic nitrogens is 1. The summed E-state index contributed by atoms with van der Waals surface area (Å²) < 4.78 is 11.8. The van der Waals surface area contributed by atoms with Crippen LogP contribution >= 0.6 is 11.3 Å². The number of rotatable bonds is 6. The number of fused-ring (bicyclic) bond motifs is 2. The number of carbonyl (C=O) groups excluding carboxylic acids is 1. The van der Waals surface area contributed by atoms with Crippen LogP contribution in [-0.2, 0) is 0 Å². The monoisotopic (exact) mass is 394 g/mol. The van der Waals surface area contributed by atoms with Crippen molar-refractivity contribution in [2.24, 2.45) is 0 Å². The highest BCUT2D eigenvalue weighted by atomic mass is 32.1. The van der Waals surface area contributed by atoms with Crippen LogP contribution in [-0.4, -0.2) is 17.5 Å². The molecule has 0 atom stereocenters. The lowest BCUT2D eigenvalue weighted by Crippen LogP contribution is -2.20. The lowest BCUT2D eigenvalue weighted by atomic mass is 10.2. The van der Waals surface area contributed by atoms with Gasteiger partial charge in [0.05, 0.1) is 16.8 Å². The molecule has 0 bridgehead atoms. The molecule has 0 unspecified atom stereocenters. The van der Waals surface area contributed by atoms with Crippen LogP contribution in [0.4, 0.5) is 5.13 Å². The fourth-order valence-corrected chi connectivity index (χ4v) is 3.66. The van der Waals surface area contributed by atoms with Gasteiger partial charge in [0, 0.05) is 5.39 Å². The second-order valence-electron chi connectivity index (χ2n) is 6.29. The number of hydrogen-bond donors (Lipinski definition) is 1. The first-order chi connectivity index (χ1) is 13.6. The van der Waals surface area contributed by atoms with Crippen molar-refractivity contribution in [2.45, 2.75) is 19.8 Å². The first kappa shape index (κ1) is 18.2. The van der Waals surface area contributed by atoms with Gasteiger partial charge in [-0.05, 0) is 36.8 Å². The number of benzene rings is 2. The van der Waals surface area contributed by atoms with Crippen molar-refractivity contribution in [2.75, 3.05) is 11.9 Å². The highest BCUT2D eigenvalue weighted by Gasteiger charge is 2.16. The number of anilines is 1. The Morgan fingerprint density at radius 2 is 2.07 bits per heavy atom. The van der Waals surface area contributed by atoms with Gasteiger partial charge in [-0.15, -0.1) is 0 Å². The Morgan fingerprint density at radius 1 is 1.21 bits per heavy atom. The molecule has 0 saturated carbocycles. The van der Waals surface area contributed by atoms with Crippen molar-refractivity contribution in [3.8, 4) is 5.75 Å². The van der Waals surface area contributed by atoms with E-state index in [-0.39, 0.29) is 5.56 Å². The van der Waals surface area contributed by atoms with Crippen molar-refractivity contribution in [1.29, 1.82) is 0 Å². The summed E-state index contributed by atoms with van der Waals surface area (Å²) in [7, 11) is 0. The smallest absolute Gasteiger partial charge is 0.349 e. The quantitative estimate of drug-likeness (QED) is 0.374. The van der Waals surface area contributed by atoms with Crippen LogP contribution in [0.2, 0.25) is 0 Å². The highest BCUT2D eigenvalue weighted by molar-refractivity contribution is 7.22. The van der Waals surface area contributed by atoms with Gasteiger partial charge in [0.15, 0.2) is 5.13 Å². The first-order valence-electron chi connectivity index (χ1n) is 9.01. The summed E-state index contributed by atoms with van der Waals surface area (Å²) in [6, 6.07) is 14.2. The zero-order valence-corrected chi connectivity index (χ0v) is 16.0. The molecule has 2 aromatic carbocycles. The average Bonchev–Trinajstić information content (AvgIpc) is 3.09. The van der Waals surface area contributed by atoms with E-state index in [1.165, 1.54) is 17.4 Å². The number of carbonyl (C=O) groups is 1. The van der Waals surface area contributed by atoms with Gasteiger partial charge in [-0.3, -0.25) is 10.1 Å². The van der Waals surface area contributed by atoms with Crippen LogP contribution in [0.25, 0.3) is 21.2 Å². The number of unbranched alkanes of at least 4 members (excludes halogenated alkanes) is 1. The van der Waals surface area contributed by atoms with Crippen molar-refractivity contribution in [3.63, 3.8) is 0 Å². The third-order valence-corrected chi connectivity index (χ3v) is 5.17. The molecule has 2 aromatic heterocycles. The molecule has 0 spiro atoms. The standard InChI is InChI=1S/C21H18N2O4S/c1-2-3-10-26-14-8-9-16-18(12-14)28-21(22-16)23-19(24)15-11-13-6-4-5-7-17(13)27-20(15)25/h4-9,11-12H,2-3,10H2,1H3,(H,22,23,24). The Hall–Kier alpha value is -3.19. The topological polar surface area (TPSA) is 81.4 Å². The number of para-hydroxylation sites is 1. The number of hydrogen-bond acceptors (Lipinski definition) is 6. The molecule has 4 rings (SSSR count). The van der Waals surface area contributed by atoms with Crippen molar-refractivity contribution in [1.82, 2.24) is 4.98 Å². The normalized spacial score (nSPS) is 11.0. The van der Waals surface area contributed by atoms with Crippen LogP contribution < -0.4 is 15.7 Å². The largest absolute Gasteiger partial charge is 0.494 e. The van der Waals surface area contributed by atoms with Crippen molar-refractivity contribution in [3.05, 3.63) is 64.5 Å². The number of amides is 1. The van der Waals surface area contributed by atoms with Gasteiger partial charge >= 0.3 is 5.63 Å². The molecular formula is C21H18N2O4S. The van der Waals surface area contributed by atoms with Gasteiger partial charge in [0.25, 0.3) is 5.91 Å². The molecule has 1 amide bonds. The molecular weight excluding hydrogens is 376 g/mol. The first-order valence-corrected chi connectivity index (χ1v) is 9.83. The van der Waals surface area contributed by atoms with E-state index < -0.39 is 11.5 Å². The number of nitrogens with one attached hydrogen (secondary N) is 1.